The van der Waals surface area contributed by atoms with E-state index in [1.807, 2.05) is 25.3 Å². The first-order valence-corrected chi connectivity index (χ1v) is 7.51. The van der Waals surface area contributed by atoms with Crippen molar-refractivity contribution < 1.29 is 4.79 Å². The minimum Gasteiger partial charge on any atom is -0.339 e. The lowest BCUT2D eigenvalue weighted by Gasteiger charge is -2.16. The minimum atomic E-state index is -0.496. The highest BCUT2D eigenvalue weighted by Gasteiger charge is 2.22. The minimum absolute atomic E-state index is 0.0210. The molecule has 0 amide bonds. The highest BCUT2D eigenvalue weighted by molar-refractivity contribution is 7.09. The molecule has 0 aliphatic carbocycles. The monoisotopic (exact) mass is 296 g/mol. The van der Waals surface area contributed by atoms with E-state index in [1.165, 1.54) is 0 Å². The van der Waals surface area contributed by atoms with E-state index in [2.05, 4.69) is 16.5 Å². The fourth-order valence-electron chi connectivity index (χ4n) is 2.39. The molecule has 2 heterocycles. The van der Waals surface area contributed by atoms with Crippen LogP contribution in [0.15, 0.2) is 17.6 Å². The van der Waals surface area contributed by atoms with Gasteiger partial charge in [-0.3, -0.25) is 4.79 Å². The number of hydrogen-bond donors (Lipinski definition) is 0. The number of alkyl halides is 1. The van der Waals surface area contributed by atoms with Gasteiger partial charge >= 0.3 is 0 Å². The first kappa shape index (κ1) is 14.3. The SMILES string of the molecule is Cc1cc(C(=O)C(C)Cl)c(C)n1C(C)c1nccs1. The Labute approximate surface area is 122 Å². The zero-order valence-electron chi connectivity index (χ0n) is 11.5. The van der Waals surface area contributed by atoms with Crippen LogP contribution in [0.4, 0.5) is 0 Å². The molecule has 0 radical (unpaired) electrons. The van der Waals surface area contributed by atoms with Crippen LogP contribution in [-0.4, -0.2) is 20.7 Å². The molecule has 2 aromatic rings. The smallest absolute Gasteiger partial charge is 0.182 e. The first-order valence-electron chi connectivity index (χ1n) is 6.19. The van der Waals surface area contributed by atoms with Gasteiger partial charge in [-0.1, -0.05) is 0 Å². The van der Waals surface area contributed by atoms with Crippen LogP contribution in [0.25, 0.3) is 0 Å². The van der Waals surface area contributed by atoms with Crippen molar-refractivity contribution in [1.82, 2.24) is 9.55 Å². The summed E-state index contributed by atoms with van der Waals surface area (Å²) >= 11 is 7.53. The third-order valence-corrected chi connectivity index (χ3v) is 4.45. The number of aromatic nitrogens is 2. The largest absolute Gasteiger partial charge is 0.339 e. The molecule has 0 spiro atoms. The second kappa shape index (κ2) is 5.47. The Hall–Kier alpha value is -1.13. The van der Waals surface area contributed by atoms with Crippen molar-refractivity contribution in [1.29, 1.82) is 0 Å². The van der Waals surface area contributed by atoms with Crippen molar-refractivity contribution in [3.8, 4) is 0 Å². The van der Waals surface area contributed by atoms with E-state index < -0.39 is 5.38 Å². The molecule has 0 fully saturated rings. The fourth-order valence-corrected chi connectivity index (χ4v) is 3.19. The molecule has 0 bridgehead atoms. The summed E-state index contributed by atoms with van der Waals surface area (Å²) in [6.45, 7) is 7.77. The van der Waals surface area contributed by atoms with Gasteiger partial charge in [0.1, 0.15) is 5.01 Å². The summed E-state index contributed by atoms with van der Waals surface area (Å²) in [5.74, 6) is -0.0210. The molecule has 2 unspecified atom stereocenters. The van der Waals surface area contributed by atoms with Gasteiger partial charge in [0, 0.05) is 28.5 Å². The van der Waals surface area contributed by atoms with E-state index >= 15 is 0 Å². The summed E-state index contributed by atoms with van der Waals surface area (Å²) in [5.41, 5.74) is 2.72. The van der Waals surface area contributed by atoms with Gasteiger partial charge in [-0.05, 0) is 33.8 Å². The first-order chi connectivity index (χ1) is 8.93. The Balaban J connectivity index is 2.45. The molecular formula is C14H17ClN2OS. The van der Waals surface area contributed by atoms with Gasteiger partial charge in [-0.15, -0.1) is 22.9 Å². The molecule has 0 N–H and O–H groups in total. The topological polar surface area (TPSA) is 34.9 Å². The summed E-state index contributed by atoms with van der Waals surface area (Å²) in [4.78, 5) is 16.4. The van der Waals surface area contributed by atoms with Crippen molar-refractivity contribution in [2.45, 2.75) is 39.1 Å². The molecule has 0 saturated carbocycles. The Morgan fingerprint density at radius 2 is 2.11 bits per heavy atom. The highest BCUT2D eigenvalue weighted by atomic mass is 35.5. The average Bonchev–Trinajstić information content (AvgIpc) is 2.96. The normalized spacial score (nSPS) is 14.4. The molecule has 2 rings (SSSR count). The number of aryl methyl sites for hydroxylation is 1. The maximum Gasteiger partial charge on any atom is 0.182 e. The quantitative estimate of drug-likeness (QED) is 0.632. The van der Waals surface area contributed by atoms with Gasteiger partial charge in [-0.25, -0.2) is 4.98 Å². The maximum atomic E-state index is 12.1. The van der Waals surface area contributed by atoms with Crippen LogP contribution in [0.1, 0.15) is 46.6 Å². The Kier molecular flexibility index (Phi) is 4.11. The zero-order chi connectivity index (χ0) is 14.2. The van der Waals surface area contributed by atoms with Crippen LogP contribution in [0.3, 0.4) is 0 Å². The number of Topliss-reactive ketones (excluding diaryl/α,β-unsaturated/α-hetero) is 1. The van der Waals surface area contributed by atoms with Crippen LogP contribution in [0.5, 0.6) is 0 Å². The Morgan fingerprint density at radius 3 is 2.63 bits per heavy atom. The molecular weight excluding hydrogens is 280 g/mol. The Morgan fingerprint density at radius 1 is 1.42 bits per heavy atom. The number of carbonyl (C=O) groups is 1. The third-order valence-electron chi connectivity index (χ3n) is 3.31. The molecule has 19 heavy (non-hydrogen) atoms. The summed E-state index contributed by atoms with van der Waals surface area (Å²) in [5, 5.41) is 2.51. The van der Waals surface area contributed by atoms with Gasteiger partial charge < -0.3 is 4.57 Å². The van der Waals surface area contributed by atoms with E-state index in [4.69, 9.17) is 11.6 Å². The van der Waals surface area contributed by atoms with Gasteiger partial charge in [-0.2, -0.15) is 0 Å². The standard InChI is InChI=1S/C14H17ClN2OS/c1-8-7-12(13(18)9(2)15)10(3)17(8)11(4)14-16-5-6-19-14/h5-7,9,11H,1-4H3. The Bertz CT molecular complexity index is 587. The van der Waals surface area contributed by atoms with E-state index in [0.717, 1.165) is 16.4 Å². The van der Waals surface area contributed by atoms with Crippen molar-refractivity contribution in [2.24, 2.45) is 0 Å². The lowest BCUT2D eigenvalue weighted by atomic mass is 10.1. The van der Waals surface area contributed by atoms with Crippen LogP contribution < -0.4 is 0 Å². The molecule has 3 nitrogen and oxygen atoms in total. The second-order valence-corrected chi connectivity index (χ2v) is 6.26. The van der Waals surface area contributed by atoms with E-state index in [1.54, 1.807) is 24.5 Å². The van der Waals surface area contributed by atoms with Gasteiger partial charge in [0.15, 0.2) is 5.78 Å². The number of hydrogen-bond acceptors (Lipinski definition) is 3. The van der Waals surface area contributed by atoms with Crippen LogP contribution in [0.2, 0.25) is 0 Å². The van der Waals surface area contributed by atoms with Crippen molar-refractivity contribution in [2.75, 3.05) is 0 Å². The number of halogens is 1. The molecule has 0 saturated heterocycles. The van der Waals surface area contributed by atoms with Crippen molar-refractivity contribution in [3.63, 3.8) is 0 Å². The number of thiazole rings is 1. The molecule has 0 aromatic carbocycles. The maximum absolute atomic E-state index is 12.1. The second-order valence-electron chi connectivity index (χ2n) is 4.68. The number of carbonyl (C=O) groups excluding carboxylic acids is 1. The van der Waals surface area contributed by atoms with Crippen molar-refractivity contribution >= 4 is 28.7 Å². The molecule has 5 heteroatoms. The molecule has 0 aliphatic heterocycles. The summed E-state index contributed by atoms with van der Waals surface area (Å²) in [6, 6.07) is 2.05. The lowest BCUT2D eigenvalue weighted by molar-refractivity contribution is 0.0991. The fraction of sp³-hybridized carbons (Fsp3) is 0.429. The van der Waals surface area contributed by atoms with Gasteiger partial charge in [0.05, 0.1) is 11.4 Å². The predicted molar refractivity (Wildman–Crippen MR) is 79.5 cm³/mol. The van der Waals surface area contributed by atoms with Gasteiger partial charge in [0.2, 0.25) is 0 Å². The molecule has 102 valence electrons. The number of nitrogens with zero attached hydrogens (tertiary/aromatic N) is 2. The number of ketones is 1. The van der Waals surface area contributed by atoms with Crippen LogP contribution in [-0.2, 0) is 0 Å². The number of rotatable bonds is 4. The highest BCUT2D eigenvalue weighted by Crippen LogP contribution is 2.27. The molecule has 0 aliphatic rings. The van der Waals surface area contributed by atoms with E-state index in [-0.39, 0.29) is 11.8 Å². The average molecular weight is 297 g/mol. The molecule has 2 aromatic heterocycles. The van der Waals surface area contributed by atoms with Crippen LogP contribution >= 0.6 is 22.9 Å². The predicted octanol–water partition coefficient (Wildman–Crippen LogP) is 3.98. The summed E-state index contributed by atoms with van der Waals surface area (Å²) < 4.78 is 2.14. The van der Waals surface area contributed by atoms with Crippen LogP contribution in [0, 0.1) is 13.8 Å². The van der Waals surface area contributed by atoms with Gasteiger partial charge in [0.25, 0.3) is 0 Å². The van der Waals surface area contributed by atoms with Crippen molar-refractivity contribution in [3.05, 3.63) is 39.6 Å². The summed E-state index contributed by atoms with van der Waals surface area (Å²) in [7, 11) is 0. The third kappa shape index (κ3) is 2.60. The summed E-state index contributed by atoms with van der Waals surface area (Å²) in [6.07, 6.45) is 1.80. The van der Waals surface area contributed by atoms with E-state index in [9.17, 15) is 4.79 Å². The van der Waals surface area contributed by atoms with E-state index in [0.29, 0.717) is 5.56 Å². The lowest BCUT2D eigenvalue weighted by Crippen LogP contribution is -2.14. The zero-order valence-corrected chi connectivity index (χ0v) is 13.0. The molecule has 2 atom stereocenters.